The minimum absolute atomic E-state index is 0.307. The summed E-state index contributed by atoms with van der Waals surface area (Å²) in [6.07, 6.45) is 2.94. The minimum atomic E-state index is -0.307. The zero-order valence-electron chi connectivity index (χ0n) is 14.5. The Bertz CT molecular complexity index is 851. The number of carbonyl (C=O) groups excluding carboxylic acids is 1. The number of nitriles is 1. The number of methoxy groups -OCH3 is 2. The van der Waals surface area contributed by atoms with Crippen LogP contribution >= 0.6 is 11.3 Å². The van der Waals surface area contributed by atoms with E-state index >= 15 is 0 Å². The van der Waals surface area contributed by atoms with Gasteiger partial charge in [-0.15, -0.1) is 11.3 Å². The molecule has 130 valence electrons. The molecule has 0 radical (unpaired) electrons. The molecule has 25 heavy (non-hydrogen) atoms. The standard InChI is InChI=1S/C19H20N2O3S/c1-11-7-8-12-14(10-20)19(25-16(12)9-11)21-18(22)13-5-4-6-15(23-2)17(13)24-3/h4-6,11H,7-9H2,1-3H3,(H,21,22)/t11-/m1/s1. The van der Waals surface area contributed by atoms with Gasteiger partial charge in [0.15, 0.2) is 11.5 Å². The highest BCUT2D eigenvalue weighted by atomic mass is 32.1. The van der Waals surface area contributed by atoms with Crippen molar-refractivity contribution in [3.8, 4) is 17.6 Å². The number of hydrogen-bond acceptors (Lipinski definition) is 5. The topological polar surface area (TPSA) is 71.3 Å². The molecule has 5 nitrogen and oxygen atoms in total. The highest BCUT2D eigenvalue weighted by molar-refractivity contribution is 7.16. The summed E-state index contributed by atoms with van der Waals surface area (Å²) in [5, 5.41) is 13.1. The van der Waals surface area contributed by atoms with Crippen LogP contribution in [0.5, 0.6) is 11.5 Å². The molecule has 6 heteroatoms. The van der Waals surface area contributed by atoms with Crippen LogP contribution in [-0.4, -0.2) is 20.1 Å². The molecular formula is C19H20N2O3S. The highest BCUT2D eigenvalue weighted by Crippen LogP contribution is 2.40. The molecule has 1 atom stereocenters. The van der Waals surface area contributed by atoms with E-state index in [2.05, 4.69) is 18.3 Å². The Balaban J connectivity index is 1.94. The van der Waals surface area contributed by atoms with E-state index in [0.29, 0.717) is 33.5 Å². The van der Waals surface area contributed by atoms with Crippen molar-refractivity contribution in [3.05, 3.63) is 39.8 Å². The zero-order valence-corrected chi connectivity index (χ0v) is 15.3. The van der Waals surface area contributed by atoms with Crippen LogP contribution in [0.1, 0.15) is 39.7 Å². The number of nitrogens with zero attached hydrogens (tertiary/aromatic N) is 1. The van der Waals surface area contributed by atoms with Crippen molar-refractivity contribution in [2.45, 2.75) is 26.2 Å². The molecule has 1 heterocycles. The summed E-state index contributed by atoms with van der Waals surface area (Å²) in [5.74, 6) is 1.18. The van der Waals surface area contributed by atoms with Gasteiger partial charge in [0.1, 0.15) is 11.1 Å². The maximum absolute atomic E-state index is 12.8. The monoisotopic (exact) mass is 356 g/mol. The summed E-state index contributed by atoms with van der Waals surface area (Å²) in [6, 6.07) is 7.42. The van der Waals surface area contributed by atoms with Crippen LogP contribution in [0.4, 0.5) is 5.00 Å². The lowest BCUT2D eigenvalue weighted by Crippen LogP contribution is -2.13. The zero-order chi connectivity index (χ0) is 18.0. The van der Waals surface area contributed by atoms with Crippen molar-refractivity contribution in [1.82, 2.24) is 0 Å². The fourth-order valence-electron chi connectivity index (χ4n) is 3.19. The molecule has 0 fully saturated rings. The van der Waals surface area contributed by atoms with Gasteiger partial charge in [-0.3, -0.25) is 4.79 Å². The van der Waals surface area contributed by atoms with E-state index < -0.39 is 0 Å². The summed E-state index contributed by atoms with van der Waals surface area (Å²) in [5.41, 5.74) is 2.08. The van der Waals surface area contributed by atoms with Gasteiger partial charge in [0.05, 0.1) is 25.3 Å². The summed E-state index contributed by atoms with van der Waals surface area (Å²) < 4.78 is 10.6. The summed E-state index contributed by atoms with van der Waals surface area (Å²) in [4.78, 5) is 14.0. The van der Waals surface area contributed by atoms with E-state index in [4.69, 9.17) is 9.47 Å². The van der Waals surface area contributed by atoms with Crippen LogP contribution in [-0.2, 0) is 12.8 Å². The van der Waals surface area contributed by atoms with Crippen LogP contribution in [0, 0.1) is 17.2 Å². The molecule has 0 saturated carbocycles. The minimum Gasteiger partial charge on any atom is -0.493 e. The summed E-state index contributed by atoms with van der Waals surface area (Å²) in [7, 11) is 3.03. The molecule has 0 spiro atoms. The molecule has 0 bridgehead atoms. The van der Waals surface area contributed by atoms with Crippen LogP contribution in [0.2, 0.25) is 0 Å². The first-order valence-corrected chi connectivity index (χ1v) is 8.97. The molecule has 1 aliphatic rings. The van der Waals surface area contributed by atoms with Crippen LogP contribution in [0.3, 0.4) is 0 Å². The van der Waals surface area contributed by atoms with E-state index in [1.807, 2.05) is 0 Å². The third kappa shape index (κ3) is 3.20. The van der Waals surface area contributed by atoms with Gasteiger partial charge in [0, 0.05) is 4.88 Å². The van der Waals surface area contributed by atoms with Gasteiger partial charge < -0.3 is 14.8 Å². The van der Waals surface area contributed by atoms with E-state index in [0.717, 1.165) is 24.8 Å². The van der Waals surface area contributed by atoms with Crippen LogP contribution < -0.4 is 14.8 Å². The maximum Gasteiger partial charge on any atom is 0.260 e. The first-order chi connectivity index (χ1) is 12.1. The van der Waals surface area contributed by atoms with Crippen LogP contribution in [0.15, 0.2) is 18.2 Å². The predicted octanol–water partition coefficient (Wildman–Crippen LogP) is 4.01. The molecule has 1 aromatic heterocycles. The van der Waals surface area contributed by atoms with Gasteiger partial charge >= 0.3 is 0 Å². The molecule has 3 rings (SSSR count). The SMILES string of the molecule is COc1cccc(C(=O)Nc2sc3c(c2C#N)CC[C@@H](C)C3)c1OC. The average molecular weight is 356 g/mol. The largest absolute Gasteiger partial charge is 0.493 e. The van der Waals surface area contributed by atoms with E-state index in [-0.39, 0.29) is 5.91 Å². The summed E-state index contributed by atoms with van der Waals surface area (Å²) >= 11 is 1.51. The first kappa shape index (κ1) is 17.3. The third-order valence-corrected chi connectivity index (χ3v) is 5.67. The second-order valence-electron chi connectivity index (χ2n) is 6.16. The molecule has 2 aromatic rings. The fraction of sp³-hybridized carbons (Fsp3) is 0.368. The number of amides is 1. The van der Waals surface area contributed by atoms with Gasteiger partial charge in [0.25, 0.3) is 5.91 Å². The lowest BCUT2D eigenvalue weighted by atomic mass is 9.88. The van der Waals surface area contributed by atoms with Crippen molar-refractivity contribution >= 4 is 22.2 Å². The molecule has 1 N–H and O–H groups in total. The lowest BCUT2D eigenvalue weighted by Gasteiger charge is -2.17. The molecule has 1 amide bonds. The molecule has 0 aliphatic heterocycles. The number of benzene rings is 1. The Morgan fingerprint density at radius 2 is 2.16 bits per heavy atom. The summed E-state index contributed by atoms with van der Waals surface area (Å²) in [6.45, 7) is 2.22. The van der Waals surface area contributed by atoms with Crippen LogP contribution in [0.25, 0.3) is 0 Å². The van der Waals surface area contributed by atoms with Crippen molar-refractivity contribution in [3.63, 3.8) is 0 Å². The van der Waals surface area contributed by atoms with Crippen molar-refractivity contribution in [2.24, 2.45) is 5.92 Å². The van der Waals surface area contributed by atoms with Gasteiger partial charge in [-0.1, -0.05) is 13.0 Å². The number of anilines is 1. The smallest absolute Gasteiger partial charge is 0.260 e. The predicted molar refractivity (Wildman–Crippen MR) is 97.7 cm³/mol. The van der Waals surface area contributed by atoms with Crippen molar-refractivity contribution in [2.75, 3.05) is 19.5 Å². The number of fused-ring (bicyclic) bond motifs is 1. The van der Waals surface area contributed by atoms with E-state index in [1.54, 1.807) is 18.2 Å². The Morgan fingerprint density at radius 3 is 2.84 bits per heavy atom. The fourth-order valence-corrected chi connectivity index (χ4v) is 4.55. The van der Waals surface area contributed by atoms with E-state index in [9.17, 15) is 10.1 Å². The Hall–Kier alpha value is -2.52. The number of nitrogens with one attached hydrogen (secondary N) is 1. The number of carbonyl (C=O) groups is 1. The normalized spacial score (nSPS) is 15.8. The molecular weight excluding hydrogens is 336 g/mol. The molecule has 1 aromatic carbocycles. The second kappa shape index (κ2) is 7.16. The highest BCUT2D eigenvalue weighted by Gasteiger charge is 2.25. The number of para-hydroxylation sites is 1. The van der Waals surface area contributed by atoms with Crippen molar-refractivity contribution in [1.29, 1.82) is 5.26 Å². The Labute approximate surface area is 151 Å². The van der Waals surface area contributed by atoms with Gasteiger partial charge in [-0.25, -0.2) is 0 Å². The van der Waals surface area contributed by atoms with Gasteiger partial charge in [-0.2, -0.15) is 5.26 Å². The van der Waals surface area contributed by atoms with E-state index in [1.165, 1.54) is 30.4 Å². The third-order valence-electron chi connectivity index (χ3n) is 4.50. The first-order valence-electron chi connectivity index (χ1n) is 8.16. The Kier molecular flexibility index (Phi) is 4.95. The van der Waals surface area contributed by atoms with Crippen molar-refractivity contribution < 1.29 is 14.3 Å². The molecule has 0 saturated heterocycles. The van der Waals surface area contributed by atoms with Gasteiger partial charge in [-0.05, 0) is 42.9 Å². The number of thiophene rings is 1. The number of ether oxygens (including phenoxy) is 2. The quantitative estimate of drug-likeness (QED) is 0.898. The Morgan fingerprint density at radius 1 is 1.36 bits per heavy atom. The average Bonchev–Trinajstić information content (AvgIpc) is 2.96. The maximum atomic E-state index is 12.8. The second-order valence-corrected chi connectivity index (χ2v) is 7.27. The molecule has 0 unspecified atom stereocenters. The number of hydrogen-bond donors (Lipinski definition) is 1. The number of rotatable bonds is 4. The molecule has 1 aliphatic carbocycles. The lowest BCUT2D eigenvalue weighted by molar-refractivity contribution is 0.102. The van der Waals surface area contributed by atoms with Gasteiger partial charge in [0.2, 0.25) is 0 Å².